The lowest BCUT2D eigenvalue weighted by Crippen LogP contribution is -2.46. The molecule has 0 saturated heterocycles. The first-order valence-corrected chi connectivity index (χ1v) is 11.2. The molecule has 4 atom stereocenters. The van der Waals surface area contributed by atoms with E-state index in [-0.39, 0.29) is 0 Å². The second kappa shape index (κ2) is 10.1. The van der Waals surface area contributed by atoms with Gasteiger partial charge in [-0.1, -0.05) is 70.6 Å². The molecule has 0 bridgehead atoms. The molecule has 0 aromatic carbocycles. The molecular formula is C21H39O2P. The third-order valence-corrected chi connectivity index (χ3v) is 7.80. The van der Waals surface area contributed by atoms with Crippen molar-refractivity contribution in [2.24, 2.45) is 17.3 Å². The molecule has 24 heavy (non-hydrogen) atoms. The van der Waals surface area contributed by atoms with Crippen molar-refractivity contribution in [2.45, 2.75) is 109 Å². The lowest BCUT2D eigenvalue weighted by atomic mass is 9.62. The molecule has 2 aliphatic rings. The maximum absolute atomic E-state index is 12.5. The van der Waals surface area contributed by atoms with Crippen LogP contribution >= 0.6 is 9.24 Å². The highest BCUT2D eigenvalue weighted by molar-refractivity contribution is 7.17. The van der Waals surface area contributed by atoms with Crippen LogP contribution < -0.4 is 0 Å². The van der Waals surface area contributed by atoms with Gasteiger partial charge in [0, 0.05) is 0 Å². The summed E-state index contributed by atoms with van der Waals surface area (Å²) >= 11 is 0. The molecule has 2 rings (SSSR count). The van der Waals surface area contributed by atoms with E-state index < -0.39 is 11.4 Å². The van der Waals surface area contributed by atoms with Gasteiger partial charge >= 0.3 is 5.97 Å². The molecule has 0 aromatic rings. The Labute approximate surface area is 151 Å². The van der Waals surface area contributed by atoms with Gasteiger partial charge in [-0.05, 0) is 50.1 Å². The van der Waals surface area contributed by atoms with Crippen molar-refractivity contribution in [2.75, 3.05) is 0 Å². The first-order valence-electron chi connectivity index (χ1n) is 10.6. The molecular weight excluding hydrogens is 315 g/mol. The van der Waals surface area contributed by atoms with Gasteiger partial charge in [0.05, 0.1) is 5.41 Å². The Kier molecular flexibility index (Phi) is 8.55. The topological polar surface area (TPSA) is 37.3 Å². The molecule has 0 amide bonds. The van der Waals surface area contributed by atoms with Gasteiger partial charge in [-0.15, -0.1) is 9.24 Å². The standard InChI is InChI=1S/C21H39O2P/c1-21(20(22)23,17-13-9-5-2-3-6-10-14-17)18-15-11-7-4-8-12-16-19(18)24/h17-19H,2-16,24H2,1H3,(H,22,23). The lowest BCUT2D eigenvalue weighted by molar-refractivity contribution is -0.157. The number of rotatable bonds is 3. The van der Waals surface area contributed by atoms with Gasteiger partial charge in [0.15, 0.2) is 0 Å². The van der Waals surface area contributed by atoms with Crippen molar-refractivity contribution in [3.05, 3.63) is 0 Å². The molecule has 0 aromatic heterocycles. The van der Waals surface area contributed by atoms with E-state index >= 15 is 0 Å². The number of hydrogen-bond acceptors (Lipinski definition) is 1. The molecule has 0 spiro atoms. The molecule has 3 heteroatoms. The third kappa shape index (κ3) is 5.20. The number of carboxylic acid groups (broad SMARTS) is 1. The monoisotopic (exact) mass is 354 g/mol. The zero-order valence-electron chi connectivity index (χ0n) is 15.8. The molecule has 2 fully saturated rings. The van der Waals surface area contributed by atoms with Crippen LogP contribution in [0, 0.1) is 17.3 Å². The van der Waals surface area contributed by atoms with E-state index in [0.717, 1.165) is 19.3 Å². The van der Waals surface area contributed by atoms with Gasteiger partial charge in [0.1, 0.15) is 0 Å². The summed E-state index contributed by atoms with van der Waals surface area (Å²) < 4.78 is 0. The third-order valence-electron chi connectivity index (χ3n) is 7.00. The van der Waals surface area contributed by atoms with E-state index in [0.29, 0.717) is 17.5 Å². The Bertz CT molecular complexity index is 374. The van der Waals surface area contributed by atoms with E-state index in [4.69, 9.17) is 0 Å². The van der Waals surface area contributed by atoms with E-state index in [1.54, 1.807) is 0 Å². The van der Waals surface area contributed by atoms with Crippen molar-refractivity contribution >= 4 is 15.2 Å². The second-order valence-corrected chi connectivity index (χ2v) is 9.46. The van der Waals surface area contributed by atoms with Crippen LogP contribution in [-0.2, 0) is 4.79 Å². The molecule has 1 N–H and O–H groups in total. The van der Waals surface area contributed by atoms with Gasteiger partial charge in [-0.3, -0.25) is 4.79 Å². The molecule has 140 valence electrons. The first kappa shape index (κ1) is 20.2. The SMILES string of the molecule is CC(C(=O)O)(C1CCCCCCCC1)C1CCCCCCCC1P. The maximum Gasteiger partial charge on any atom is 0.309 e. The van der Waals surface area contributed by atoms with Gasteiger partial charge in [-0.2, -0.15) is 0 Å². The largest absolute Gasteiger partial charge is 0.481 e. The number of hydrogen-bond donors (Lipinski definition) is 1. The Balaban J connectivity index is 2.22. The van der Waals surface area contributed by atoms with E-state index in [1.165, 1.54) is 77.0 Å². The second-order valence-electron chi connectivity index (χ2n) is 8.60. The fourth-order valence-corrected chi connectivity index (χ4v) is 6.13. The van der Waals surface area contributed by atoms with E-state index in [1.807, 2.05) is 0 Å². The van der Waals surface area contributed by atoms with E-state index in [2.05, 4.69) is 16.2 Å². The summed E-state index contributed by atoms with van der Waals surface area (Å²) in [7, 11) is 3.05. The van der Waals surface area contributed by atoms with Crippen LogP contribution in [0.15, 0.2) is 0 Å². The number of aliphatic carboxylic acids is 1. The van der Waals surface area contributed by atoms with Crippen LogP contribution in [0.4, 0.5) is 0 Å². The highest BCUT2D eigenvalue weighted by Gasteiger charge is 2.48. The Hall–Kier alpha value is -0.100. The van der Waals surface area contributed by atoms with Crippen LogP contribution in [0.25, 0.3) is 0 Å². The summed E-state index contributed by atoms with van der Waals surface area (Å²) in [6, 6.07) is 0. The summed E-state index contributed by atoms with van der Waals surface area (Å²) in [6.07, 6.45) is 18.7. The fourth-order valence-electron chi connectivity index (χ4n) is 5.30. The summed E-state index contributed by atoms with van der Waals surface area (Å²) in [6.45, 7) is 2.11. The molecule has 0 aliphatic heterocycles. The normalized spacial score (nSPS) is 31.4. The van der Waals surface area contributed by atoms with Crippen LogP contribution in [0.1, 0.15) is 103 Å². The zero-order valence-corrected chi connectivity index (χ0v) is 16.9. The Morgan fingerprint density at radius 3 is 1.71 bits per heavy atom. The Morgan fingerprint density at radius 2 is 1.21 bits per heavy atom. The van der Waals surface area contributed by atoms with Crippen LogP contribution in [0.5, 0.6) is 0 Å². The minimum Gasteiger partial charge on any atom is -0.481 e. The van der Waals surface area contributed by atoms with E-state index in [9.17, 15) is 9.90 Å². The smallest absolute Gasteiger partial charge is 0.309 e. The molecule has 0 radical (unpaired) electrons. The average Bonchev–Trinajstić information content (AvgIpc) is 2.76. The van der Waals surface area contributed by atoms with Gasteiger partial charge in [0.25, 0.3) is 0 Å². The minimum atomic E-state index is -0.541. The molecule has 2 nitrogen and oxygen atoms in total. The predicted octanol–water partition coefficient (Wildman–Crippen LogP) is 6.43. The first-order chi connectivity index (χ1) is 11.6. The van der Waals surface area contributed by atoms with Crippen molar-refractivity contribution in [3.63, 3.8) is 0 Å². The zero-order chi connectivity index (χ0) is 17.4. The summed E-state index contributed by atoms with van der Waals surface area (Å²) in [5.41, 5.74) is -0.0713. The number of carbonyl (C=O) groups is 1. The molecule has 0 heterocycles. The summed E-state index contributed by atoms with van der Waals surface area (Å²) in [5, 5.41) is 10.3. The average molecular weight is 355 g/mol. The maximum atomic E-state index is 12.5. The van der Waals surface area contributed by atoms with Gasteiger partial charge in [-0.25, -0.2) is 0 Å². The summed E-state index contributed by atoms with van der Waals surface area (Å²) in [5.74, 6) is 0.161. The lowest BCUT2D eigenvalue weighted by Gasteiger charge is -2.43. The molecule has 2 saturated carbocycles. The molecule has 4 unspecified atom stereocenters. The molecule has 2 aliphatic carbocycles. The highest BCUT2D eigenvalue weighted by atomic mass is 31.0. The predicted molar refractivity (Wildman–Crippen MR) is 105 cm³/mol. The van der Waals surface area contributed by atoms with Crippen molar-refractivity contribution in [1.82, 2.24) is 0 Å². The minimum absolute atomic E-state index is 0.323. The Morgan fingerprint density at radius 1 is 0.792 bits per heavy atom. The van der Waals surface area contributed by atoms with Crippen molar-refractivity contribution < 1.29 is 9.90 Å². The van der Waals surface area contributed by atoms with Crippen LogP contribution in [0.3, 0.4) is 0 Å². The van der Waals surface area contributed by atoms with Gasteiger partial charge < -0.3 is 5.11 Å². The van der Waals surface area contributed by atoms with Crippen molar-refractivity contribution in [1.29, 1.82) is 0 Å². The fraction of sp³-hybridized carbons (Fsp3) is 0.952. The van der Waals surface area contributed by atoms with Crippen LogP contribution in [0.2, 0.25) is 0 Å². The van der Waals surface area contributed by atoms with Gasteiger partial charge in [0.2, 0.25) is 0 Å². The van der Waals surface area contributed by atoms with Crippen LogP contribution in [-0.4, -0.2) is 16.7 Å². The summed E-state index contributed by atoms with van der Waals surface area (Å²) in [4.78, 5) is 12.5. The van der Waals surface area contributed by atoms with Crippen molar-refractivity contribution in [3.8, 4) is 0 Å². The number of carboxylic acids is 1. The highest BCUT2D eigenvalue weighted by Crippen LogP contribution is 2.48. The quantitative estimate of drug-likeness (QED) is 0.593.